The van der Waals surface area contributed by atoms with E-state index in [1.807, 2.05) is 12.1 Å². The van der Waals surface area contributed by atoms with E-state index in [1.165, 1.54) is 14.2 Å². The van der Waals surface area contributed by atoms with Gasteiger partial charge in [-0.05, 0) is 11.1 Å². The van der Waals surface area contributed by atoms with Gasteiger partial charge in [-0.2, -0.15) is 4.57 Å². The Morgan fingerprint density at radius 2 is 1.67 bits per heavy atom. The van der Waals surface area contributed by atoms with Crippen LogP contribution in [0.3, 0.4) is 0 Å². The zero-order valence-electron chi connectivity index (χ0n) is 13.5. The van der Waals surface area contributed by atoms with Gasteiger partial charge in [-0.25, -0.2) is 0 Å². The van der Waals surface area contributed by atoms with Crippen LogP contribution in [0.5, 0.6) is 17.2 Å². The molecule has 1 aliphatic rings. The minimum absolute atomic E-state index is 0.0992. The maximum Gasteiger partial charge on any atom is 0.262 e. The van der Waals surface area contributed by atoms with Crippen molar-refractivity contribution in [2.75, 3.05) is 14.2 Å². The first-order valence-electron chi connectivity index (χ1n) is 7.51. The minimum Gasteiger partial charge on any atom is -0.869 e. The highest BCUT2D eigenvalue weighted by atomic mass is 16.5. The lowest BCUT2D eigenvalue weighted by molar-refractivity contribution is -0.671. The molecule has 0 radical (unpaired) electrons. The lowest BCUT2D eigenvalue weighted by Crippen LogP contribution is -2.37. The first kappa shape index (κ1) is 14.5. The van der Waals surface area contributed by atoms with Crippen LogP contribution < -0.4 is 19.1 Å². The molecule has 4 rings (SSSR count). The standard InChI is InChI=1S/C19H15NO4/c1-20-9-8-12-13-14(17(22)19(24-3)18(12)23-2)10-6-4-5-7-11(10)16(21)15(13)20/h4-9H,1-3H3. The van der Waals surface area contributed by atoms with Crippen LogP contribution in [0.2, 0.25) is 0 Å². The van der Waals surface area contributed by atoms with E-state index in [0.29, 0.717) is 38.9 Å². The molecule has 1 aliphatic carbocycles. The van der Waals surface area contributed by atoms with Crippen LogP contribution >= 0.6 is 0 Å². The van der Waals surface area contributed by atoms with Gasteiger partial charge in [0.25, 0.3) is 11.5 Å². The summed E-state index contributed by atoms with van der Waals surface area (Å²) in [6, 6.07) is 9.00. The Morgan fingerprint density at radius 1 is 1.00 bits per heavy atom. The molecular formula is C19H15NO4. The highest BCUT2D eigenvalue weighted by molar-refractivity contribution is 6.26. The molecule has 0 atom stereocenters. The Hall–Kier alpha value is -3.08. The molecule has 3 aromatic rings. The average molecular weight is 321 g/mol. The monoisotopic (exact) mass is 321 g/mol. The quantitative estimate of drug-likeness (QED) is 0.530. The molecular weight excluding hydrogens is 306 g/mol. The summed E-state index contributed by atoms with van der Waals surface area (Å²) in [6.45, 7) is 0. The lowest BCUT2D eigenvalue weighted by Gasteiger charge is -2.26. The summed E-state index contributed by atoms with van der Waals surface area (Å²) in [7, 11) is 4.73. The Bertz CT molecular complexity index is 1020. The van der Waals surface area contributed by atoms with E-state index < -0.39 is 0 Å². The smallest absolute Gasteiger partial charge is 0.262 e. The number of benzene rings is 2. The summed E-state index contributed by atoms with van der Waals surface area (Å²) in [5.74, 6) is 0.145. The molecule has 0 spiro atoms. The lowest BCUT2D eigenvalue weighted by atomic mass is 9.84. The highest BCUT2D eigenvalue weighted by Crippen LogP contribution is 2.51. The first-order chi connectivity index (χ1) is 11.6. The largest absolute Gasteiger partial charge is 0.869 e. The second-order valence-electron chi connectivity index (χ2n) is 5.71. The molecule has 1 aromatic heterocycles. The molecule has 0 saturated heterocycles. The maximum atomic E-state index is 13.1. The summed E-state index contributed by atoms with van der Waals surface area (Å²) in [5, 5.41) is 14.4. The van der Waals surface area contributed by atoms with E-state index in [1.54, 1.807) is 36.0 Å². The Kier molecular flexibility index (Phi) is 3.00. The van der Waals surface area contributed by atoms with E-state index in [0.717, 1.165) is 0 Å². The van der Waals surface area contributed by atoms with Gasteiger partial charge in [-0.15, -0.1) is 0 Å². The second-order valence-corrected chi connectivity index (χ2v) is 5.71. The number of ketones is 1. The number of rotatable bonds is 2. The fraction of sp³-hybridized carbons (Fsp3) is 0.158. The molecule has 5 nitrogen and oxygen atoms in total. The van der Waals surface area contributed by atoms with Crippen molar-refractivity contribution in [2.45, 2.75) is 0 Å². The van der Waals surface area contributed by atoms with Gasteiger partial charge in [0.2, 0.25) is 0 Å². The van der Waals surface area contributed by atoms with Crippen LogP contribution in [-0.2, 0) is 7.05 Å². The van der Waals surface area contributed by atoms with E-state index in [2.05, 4.69) is 0 Å². The summed E-state index contributed by atoms with van der Waals surface area (Å²) in [4.78, 5) is 13.0. The van der Waals surface area contributed by atoms with Crippen LogP contribution in [0.15, 0.2) is 36.5 Å². The highest BCUT2D eigenvalue weighted by Gasteiger charge is 2.34. The van der Waals surface area contributed by atoms with Crippen LogP contribution in [0.25, 0.3) is 21.9 Å². The fourth-order valence-electron chi connectivity index (χ4n) is 3.49. The van der Waals surface area contributed by atoms with Crippen LogP contribution in [-0.4, -0.2) is 20.0 Å². The van der Waals surface area contributed by atoms with E-state index in [-0.39, 0.29) is 17.3 Å². The maximum absolute atomic E-state index is 13.1. The topological polar surface area (TPSA) is 62.5 Å². The van der Waals surface area contributed by atoms with Gasteiger partial charge in [-0.3, -0.25) is 4.79 Å². The Balaban J connectivity index is 2.33. The molecule has 0 bridgehead atoms. The van der Waals surface area contributed by atoms with Gasteiger partial charge < -0.3 is 14.6 Å². The van der Waals surface area contributed by atoms with Crippen molar-refractivity contribution in [1.29, 1.82) is 0 Å². The van der Waals surface area contributed by atoms with Crippen molar-refractivity contribution in [2.24, 2.45) is 7.05 Å². The molecule has 0 aliphatic heterocycles. The SMILES string of the molecule is COc1c([O-])c2c3c([n+](C)ccc3c1OC)C(=O)c1ccccc1-2. The predicted molar refractivity (Wildman–Crippen MR) is 86.5 cm³/mol. The number of nitrogens with zero attached hydrogens (tertiary/aromatic N) is 1. The number of fused-ring (bicyclic) bond motifs is 2. The van der Waals surface area contributed by atoms with Gasteiger partial charge in [0.1, 0.15) is 7.05 Å². The van der Waals surface area contributed by atoms with Crippen molar-refractivity contribution < 1.29 is 23.9 Å². The van der Waals surface area contributed by atoms with E-state index >= 15 is 0 Å². The summed E-state index contributed by atoms with van der Waals surface area (Å²) in [6.07, 6.45) is 1.79. The van der Waals surface area contributed by atoms with E-state index in [4.69, 9.17) is 9.47 Å². The zero-order valence-corrected chi connectivity index (χ0v) is 13.5. The molecule has 2 aromatic carbocycles. The predicted octanol–water partition coefficient (Wildman–Crippen LogP) is 1.97. The molecule has 0 fully saturated rings. The summed E-state index contributed by atoms with van der Waals surface area (Å²) >= 11 is 0. The molecule has 24 heavy (non-hydrogen) atoms. The zero-order chi connectivity index (χ0) is 17.0. The molecule has 0 N–H and O–H groups in total. The van der Waals surface area contributed by atoms with Crippen molar-refractivity contribution in [3.05, 3.63) is 47.8 Å². The minimum atomic E-state index is -0.269. The number of carbonyl (C=O) groups excluding carboxylic acids is 1. The van der Waals surface area contributed by atoms with Gasteiger partial charge in [0.05, 0.1) is 19.6 Å². The number of ether oxygens (including phenoxy) is 2. The van der Waals surface area contributed by atoms with E-state index in [9.17, 15) is 9.90 Å². The van der Waals surface area contributed by atoms with Crippen molar-refractivity contribution in [3.8, 4) is 28.4 Å². The Morgan fingerprint density at radius 3 is 2.33 bits per heavy atom. The average Bonchev–Trinajstić information content (AvgIpc) is 2.60. The summed E-state index contributed by atoms with van der Waals surface area (Å²) in [5.41, 5.74) is 2.14. The van der Waals surface area contributed by atoms with Crippen LogP contribution in [0, 0.1) is 0 Å². The molecule has 120 valence electrons. The molecule has 0 saturated carbocycles. The first-order valence-corrected chi connectivity index (χ1v) is 7.51. The number of pyridine rings is 1. The summed E-state index contributed by atoms with van der Waals surface area (Å²) < 4.78 is 12.5. The third-order valence-electron chi connectivity index (χ3n) is 4.52. The molecule has 0 unspecified atom stereocenters. The third-order valence-corrected chi connectivity index (χ3v) is 4.52. The van der Waals surface area contributed by atoms with Crippen LogP contribution in [0.1, 0.15) is 16.1 Å². The third kappa shape index (κ3) is 1.64. The van der Waals surface area contributed by atoms with Gasteiger partial charge in [0, 0.05) is 17.0 Å². The molecule has 1 heterocycles. The number of carbonyl (C=O) groups is 1. The number of hydrogen-bond acceptors (Lipinski definition) is 4. The number of methoxy groups -OCH3 is 2. The number of aromatic nitrogens is 1. The number of aryl methyl sites for hydroxylation is 1. The van der Waals surface area contributed by atoms with Crippen molar-refractivity contribution in [3.63, 3.8) is 0 Å². The molecule has 0 amide bonds. The number of hydrogen-bond donors (Lipinski definition) is 0. The van der Waals surface area contributed by atoms with Gasteiger partial charge >= 0.3 is 0 Å². The second kappa shape index (κ2) is 4.96. The van der Waals surface area contributed by atoms with Crippen molar-refractivity contribution in [1.82, 2.24) is 0 Å². The Labute approximate surface area is 138 Å². The molecule has 5 heteroatoms. The normalized spacial score (nSPS) is 12.2. The van der Waals surface area contributed by atoms with Gasteiger partial charge in [-0.1, -0.05) is 30.0 Å². The van der Waals surface area contributed by atoms with Gasteiger partial charge in [0.15, 0.2) is 17.7 Å². The fourth-order valence-corrected chi connectivity index (χ4v) is 3.49. The van der Waals surface area contributed by atoms with Crippen molar-refractivity contribution >= 4 is 16.6 Å². The van der Waals surface area contributed by atoms with Crippen LogP contribution in [0.4, 0.5) is 0 Å².